The number of methoxy groups -OCH3 is 1. The molecule has 0 bridgehead atoms. The molecular weight excluding hydrogens is 300 g/mol. The minimum atomic E-state index is -1.10. The Kier molecular flexibility index (Phi) is 4.97. The molecule has 2 aromatic rings. The Hall–Kier alpha value is -2.17. The van der Waals surface area contributed by atoms with Gasteiger partial charge in [-0.2, -0.15) is 0 Å². The maximum absolute atomic E-state index is 13.5. The van der Waals surface area contributed by atoms with E-state index in [1.165, 1.54) is 0 Å². The van der Waals surface area contributed by atoms with Crippen LogP contribution in [-0.4, -0.2) is 56.0 Å². The summed E-state index contributed by atoms with van der Waals surface area (Å²) in [5.41, 5.74) is 0.628. The molecule has 2 aromatic carbocycles. The van der Waals surface area contributed by atoms with Crippen LogP contribution in [0.25, 0.3) is 0 Å². The molecule has 126 valence electrons. The third-order valence-electron chi connectivity index (χ3n) is 4.76. The molecular formula is C20H24N2O2. The zero-order valence-electron chi connectivity index (χ0n) is 14.3. The van der Waals surface area contributed by atoms with Crippen molar-refractivity contribution in [3.63, 3.8) is 0 Å². The SMILES string of the molecule is COC(C(=O)N1CCN(C)CC1)(c1ccccc1)c1ccccc1. The second-order valence-electron chi connectivity index (χ2n) is 6.21. The first-order chi connectivity index (χ1) is 11.7. The topological polar surface area (TPSA) is 32.8 Å². The van der Waals surface area contributed by atoms with E-state index in [9.17, 15) is 4.79 Å². The van der Waals surface area contributed by atoms with Gasteiger partial charge in [0.15, 0.2) is 5.60 Å². The summed E-state index contributed by atoms with van der Waals surface area (Å²) in [4.78, 5) is 17.7. The van der Waals surface area contributed by atoms with Crippen LogP contribution in [-0.2, 0) is 15.1 Å². The molecule has 1 saturated heterocycles. The van der Waals surface area contributed by atoms with E-state index in [0.29, 0.717) is 0 Å². The van der Waals surface area contributed by atoms with Gasteiger partial charge >= 0.3 is 0 Å². The molecule has 24 heavy (non-hydrogen) atoms. The van der Waals surface area contributed by atoms with Gasteiger partial charge in [0.2, 0.25) is 0 Å². The summed E-state index contributed by atoms with van der Waals surface area (Å²) in [7, 11) is 3.70. The Morgan fingerprint density at radius 1 is 0.875 bits per heavy atom. The van der Waals surface area contributed by atoms with Gasteiger partial charge in [0.05, 0.1) is 0 Å². The molecule has 1 amide bonds. The summed E-state index contributed by atoms with van der Waals surface area (Å²) >= 11 is 0. The number of ether oxygens (including phenoxy) is 1. The van der Waals surface area contributed by atoms with Gasteiger partial charge in [-0.05, 0) is 18.2 Å². The van der Waals surface area contributed by atoms with Crippen LogP contribution in [0.15, 0.2) is 60.7 Å². The van der Waals surface area contributed by atoms with E-state index in [1.54, 1.807) is 7.11 Å². The number of carbonyl (C=O) groups excluding carboxylic acids is 1. The standard InChI is InChI=1S/C20H24N2O2/c1-21-13-15-22(16-14-21)19(23)20(24-2,17-9-5-3-6-10-17)18-11-7-4-8-12-18/h3-12H,13-16H2,1-2H3. The van der Waals surface area contributed by atoms with Gasteiger partial charge in [-0.3, -0.25) is 4.79 Å². The van der Waals surface area contributed by atoms with Crippen molar-refractivity contribution >= 4 is 5.91 Å². The molecule has 4 nitrogen and oxygen atoms in total. The lowest BCUT2D eigenvalue weighted by atomic mass is 9.84. The Bertz CT molecular complexity index is 625. The smallest absolute Gasteiger partial charge is 0.264 e. The largest absolute Gasteiger partial charge is 0.359 e. The molecule has 0 atom stereocenters. The zero-order valence-corrected chi connectivity index (χ0v) is 14.3. The predicted molar refractivity (Wildman–Crippen MR) is 94.8 cm³/mol. The van der Waals surface area contributed by atoms with Crippen LogP contribution in [0.2, 0.25) is 0 Å². The fourth-order valence-electron chi connectivity index (χ4n) is 3.31. The van der Waals surface area contributed by atoms with Crippen molar-refractivity contribution in [1.29, 1.82) is 0 Å². The molecule has 0 saturated carbocycles. The average Bonchev–Trinajstić information content (AvgIpc) is 2.65. The molecule has 0 radical (unpaired) electrons. The van der Waals surface area contributed by atoms with Crippen molar-refractivity contribution in [3.05, 3.63) is 71.8 Å². The number of amides is 1. The molecule has 4 heteroatoms. The van der Waals surface area contributed by atoms with Crippen molar-refractivity contribution in [1.82, 2.24) is 9.80 Å². The predicted octanol–water partition coefficient (Wildman–Crippen LogP) is 2.35. The lowest BCUT2D eigenvalue weighted by Gasteiger charge is -2.40. The Morgan fingerprint density at radius 2 is 1.33 bits per heavy atom. The lowest BCUT2D eigenvalue weighted by molar-refractivity contribution is -0.153. The molecule has 1 heterocycles. The fraction of sp³-hybridized carbons (Fsp3) is 0.350. The van der Waals surface area contributed by atoms with Crippen LogP contribution < -0.4 is 0 Å². The Morgan fingerprint density at radius 3 is 1.75 bits per heavy atom. The quantitative estimate of drug-likeness (QED) is 0.865. The minimum Gasteiger partial charge on any atom is -0.359 e. The second-order valence-corrected chi connectivity index (χ2v) is 6.21. The monoisotopic (exact) mass is 324 g/mol. The van der Waals surface area contributed by atoms with Gasteiger partial charge in [0.25, 0.3) is 5.91 Å². The lowest BCUT2D eigenvalue weighted by Crippen LogP contribution is -2.55. The number of piperazine rings is 1. The van der Waals surface area contributed by atoms with Gasteiger partial charge < -0.3 is 14.5 Å². The van der Waals surface area contributed by atoms with Gasteiger partial charge in [0.1, 0.15) is 0 Å². The number of nitrogens with zero attached hydrogens (tertiary/aromatic N) is 2. The summed E-state index contributed by atoms with van der Waals surface area (Å²) in [6, 6.07) is 19.5. The van der Waals surface area contributed by atoms with E-state index in [0.717, 1.165) is 37.3 Å². The van der Waals surface area contributed by atoms with Crippen LogP contribution in [0.3, 0.4) is 0 Å². The molecule has 0 unspecified atom stereocenters. The zero-order chi connectivity index (χ0) is 17.0. The van der Waals surface area contributed by atoms with Crippen molar-refractivity contribution < 1.29 is 9.53 Å². The summed E-state index contributed by atoms with van der Waals surface area (Å²) in [6.07, 6.45) is 0. The highest BCUT2D eigenvalue weighted by Crippen LogP contribution is 2.35. The van der Waals surface area contributed by atoms with Crippen molar-refractivity contribution in [2.45, 2.75) is 5.60 Å². The van der Waals surface area contributed by atoms with Crippen molar-refractivity contribution in [2.75, 3.05) is 40.3 Å². The Labute approximate surface area is 143 Å². The highest BCUT2D eigenvalue weighted by Gasteiger charge is 2.45. The van der Waals surface area contributed by atoms with Crippen LogP contribution in [0.5, 0.6) is 0 Å². The van der Waals surface area contributed by atoms with E-state index >= 15 is 0 Å². The third kappa shape index (κ3) is 2.95. The van der Waals surface area contributed by atoms with Gasteiger partial charge in [-0.1, -0.05) is 60.7 Å². The maximum Gasteiger partial charge on any atom is 0.264 e. The summed E-state index contributed by atoms with van der Waals surface area (Å²) in [5.74, 6) is 0.00972. The van der Waals surface area contributed by atoms with Crippen LogP contribution in [0, 0.1) is 0 Å². The number of carbonyl (C=O) groups is 1. The fourth-order valence-corrected chi connectivity index (χ4v) is 3.31. The molecule has 0 spiro atoms. The highest BCUT2D eigenvalue weighted by molar-refractivity contribution is 5.90. The summed E-state index contributed by atoms with van der Waals surface area (Å²) < 4.78 is 5.95. The number of likely N-dealkylation sites (N-methyl/N-ethyl adjacent to an activating group) is 1. The number of rotatable bonds is 4. The molecule has 0 aromatic heterocycles. The first-order valence-corrected chi connectivity index (χ1v) is 8.32. The molecule has 0 N–H and O–H groups in total. The van der Waals surface area contributed by atoms with Crippen LogP contribution in [0.1, 0.15) is 11.1 Å². The minimum absolute atomic E-state index is 0.00972. The normalized spacial score (nSPS) is 16.2. The first-order valence-electron chi connectivity index (χ1n) is 8.32. The maximum atomic E-state index is 13.5. The number of hydrogen-bond acceptors (Lipinski definition) is 3. The highest BCUT2D eigenvalue weighted by atomic mass is 16.5. The summed E-state index contributed by atoms with van der Waals surface area (Å²) in [5, 5.41) is 0. The third-order valence-corrected chi connectivity index (χ3v) is 4.76. The second kappa shape index (κ2) is 7.16. The number of benzene rings is 2. The number of hydrogen-bond donors (Lipinski definition) is 0. The first kappa shape index (κ1) is 16.7. The Balaban J connectivity index is 2.06. The van der Waals surface area contributed by atoms with E-state index in [1.807, 2.05) is 65.6 Å². The van der Waals surface area contributed by atoms with E-state index in [-0.39, 0.29) is 5.91 Å². The van der Waals surface area contributed by atoms with Crippen molar-refractivity contribution in [3.8, 4) is 0 Å². The molecule has 0 aliphatic carbocycles. The molecule has 3 rings (SSSR count). The molecule has 1 aliphatic rings. The van der Waals surface area contributed by atoms with Gasteiger partial charge in [-0.15, -0.1) is 0 Å². The van der Waals surface area contributed by atoms with E-state index in [4.69, 9.17) is 4.74 Å². The van der Waals surface area contributed by atoms with Crippen molar-refractivity contribution in [2.24, 2.45) is 0 Å². The van der Waals surface area contributed by atoms with E-state index in [2.05, 4.69) is 11.9 Å². The van der Waals surface area contributed by atoms with E-state index < -0.39 is 5.60 Å². The average molecular weight is 324 g/mol. The summed E-state index contributed by atoms with van der Waals surface area (Å²) in [6.45, 7) is 3.21. The van der Waals surface area contributed by atoms with Gasteiger partial charge in [-0.25, -0.2) is 0 Å². The van der Waals surface area contributed by atoms with Crippen LogP contribution in [0.4, 0.5) is 0 Å². The molecule has 1 fully saturated rings. The van der Waals surface area contributed by atoms with Gasteiger partial charge in [0, 0.05) is 33.3 Å². The van der Waals surface area contributed by atoms with Crippen LogP contribution >= 0.6 is 0 Å². The molecule has 1 aliphatic heterocycles.